The van der Waals surface area contributed by atoms with Gasteiger partial charge in [0.25, 0.3) is 0 Å². The van der Waals surface area contributed by atoms with Crippen molar-refractivity contribution in [3.8, 4) is 0 Å². The fourth-order valence-corrected chi connectivity index (χ4v) is 2.52. The fourth-order valence-electron chi connectivity index (χ4n) is 2.52. The van der Waals surface area contributed by atoms with Crippen molar-refractivity contribution in [2.75, 3.05) is 32.9 Å². The number of hydrogen-bond acceptors (Lipinski definition) is 4. The lowest BCUT2D eigenvalue weighted by molar-refractivity contribution is 0.0205. The van der Waals surface area contributed by atoms with Crippen molar-refractivity contribution in [1.82, 2.24) is 4.90 Å². The van der Waals surface area contributed by atoms with Crippen molar-refractivity contribution in [3.63, 3.8) is 0 Å². The molecule has 0 spiro atoms. The monoisotopic (exact) mass is 243 g/mol. The summed E-state index contributed by atoms with van der Waals surface area (Å²) in [5.74, 6) is 0.236. The quantitative estimate of drug-likeness (QED) is 0.742. The Hall–Kier alpha value is -0.810. The molecule has 1 amide bonds. The van der Waals surface area contributed by atoms with Gasteiger partial charge in [0.1, 0.15) is 5.60 Å². The summed E-state index contributed by atoms with van der Waals surface area (Å²) < 4.78 is 10.7. The van der Waals surface area contributed by atoms with Crippen LogP contribution in [0.15, 0.2) is 0 Å². The predicted octanol–water partition coefficient (Wildman–Crippen LogP) is 0.862. The highest BCUT2D eigenvalue weighted by Gasteiger charge is 2.52. The van der Waals surface area contributed by atoms with Crippen LogP contribution in [0.1, 0.15) is 20.8 Å². The Morgan fingerprint density at radius 3 is 2.82 bits per heavy atom. The summed E-state index contributed by atoms with van der Waals surface area (Å²) in [5.41, 5.74) is -0.742. The molecule has 0 bridgehead atoms. The number of carbonyl (C=O) groups is 1. The summed E-state index contributed by atoms with van der Waals surface area (Å²) in [7, 11) is 0. The van der Waals surface area contributed by atoms with Gasteiger partial charge in [-0.25, -0.2) is 4.79 Å². The molecule has 2 atom stereocenters. The first kappa shape index (κ1) is 12.6. The molecule has 2 rings (SSSR count). The lowest BCUT2D eigenvalue weighted by Crippen LogP contribution is -2.39. The van der Waals surface area contributed by atoms with Crippen LogP contribution in [0.25, 0.3) is 0 Å². The molecule has 17 heavy (non-hydrogen) atoms. The fraction of sp³-hybridized carbons (Fsp3) is 0.917. The third-order valence-electron chi connectivity index (χ3n) is 3.49. The van der Waals surface area contributed by atoms with E-state index in [1.807, 2.05) is 20.8 Å². The first-order valence-electron chi connectivity index (χ1n) is 6.03. The minimum atomic E-state index is -0.475. The number of carbonyl (C=O) groups excluding carboxylic acids is 1. The number of hydrogen-bond donors (Lipinski definition) is 1. The van der Waals surface area contributed by atoms with E-state index in [4.69, 9.17) is 9.47 Å². The lowest BCUT2D eigenvalue weighted by atomic mass is 9.82. The van der Waals surface area contributed by atoms with E-state index in [1.165, 1.54) is 0 Å². The summed E-state index contributed by atoms with van der Waals surface area (Å²) in [5, 5.41) is 9.50. The maximum atomic E-state index is 11.9. The van der Waals surface area contributed by atoms with Gasteiger partial charge in [0.15, 0.2) is 0 Å². The van der Waals surface area contributed by atoms with Gasteiger partial charge < -0.3 is 19.5 Å². The SMILES string of the molecule is CC(C)(C)OC(=O)N1C[C@H]2COC[C@@]2(CO)C1. The van der Waals surface area contributed by atoms with Gasteiger partial charge in [0, 0.05) is 24.4 Å². The molecule has 2 fully saturated rings. The second-order valence-electron chi connectivity index (χ2n) is 6.09. The van der Waals surface area contributed by atoms with Gasteiger partial charge >= 0.3 is 6.09 Å². The van der Waals surface area contributed by atoms with Gasteiger partial charge in [0.2, 0.25) is 0 Å². The molecular weight excluding hydrogens is 222 g/mol. The molecule has 0 aromatic rings. The third kappa shape index (κ3) is 2.40. The smallest absolute Gasteiger partial charge is 0.410 e. The number of nitrogens with zero attached hydrogens (tertiary/aromatic N) is 1. The maximum absolute atomic E-state index is 11.9. The van der Waals surface area contributed by atoms with E-state index >= 15 is 0 Å². The molecule has 98 valence electrons. The summed E-state index contributed by atoms with van der Waals surface area (Å²) in [6, 6.07) is 0. The van der Waals surface area contributed by atoms with E-state index < -0.39 is 5.60 Å². The zero-order chi connectivity index (χ0) is 12.7. The molecule has 0 saturated carbocycles. The van der Waals surface area contributed by atoms with Crippen LogP contribution in [0.2, 0.25) is 0 Å². The van der Waals surface area contributed by atoms with Gasteiger partial charge in [-0.05, 0) is 20.8 Å². The summed E-state index contributed by atoms with van der Waals surface area (Å²) in [6.45, 7) is 7.94. The highest BCUT2D eigenvalue weighted by Crippen LogP contribution is 2.41. The molecule has 1 N–H and O–H groups in total. The Morgan fingerprint density at radius 2 is 2.29 bits per heavy atom. The predicted molar refractivity (Wildman–Crippen MR) is 61.6 cm³/mol. The van der Waals surface area contributed by atoms with Crippen LogP contribution in [0.4, 0.5) is 4.79 Å². The molecule has 0 aliphatic carbocycles. The average molecular weight is 243 g/mol. The zero-order valence-corrected chi connectivity index (χ0v) is 10.7. The number of aliphatic hydroxyl groups excluding tert-OH is 1. The standard InChI is InChI=1S/C12H21NO4/c1-11(2,3)17-10(15)13-4-9-5-16-8-12(9,6-13)7-14/h9,14H,4-8H2,1-3H3/t9-,12-/m0/s1. The molecule has 2 saturated heterocycles. The topological polar surface area (TPSA) is 59.0 Å². The average Bonchev–Trinajstić information content (AvgIpc) is 2.70. The van der Waals surface area contributed by atoms with Crippen molar-refractivity contribution in [3.05, 3.63) is 0 Å². The number of rotatable bonds is 1. The first-order chi connectivity index (χ1) is 7.86. The Bertz CT molecular complexity index is 312. The second-order valence-corrected chi connectivity index (χ2v) is 6.09. The van der Waals surface area contributed by atoms with Gasteiger partial charge in [-0.15, -0.1) is 0 Å². The molecule has 0 aromatic heterocycles. The molecule has 2 heterocycles. The first-order valence-corrected chi connectivity index (χ1v) is 6.03. The molecule has 5 nitrogen and oxygen atoms in total. The Kier molecular flexibility index (Phi) is 3.08. The van der Waals surface area contributed by atoms with E-state index in [0.29, 0.717) is 26.3 Å². The molecule has 5 heteroatoms. The highest BCUT2D eigenvalue weighted by molar-refractivity contribution is 5.68. The molecular formula is C12H21NO4. The van der Waals surface area contributed by atoms with Gasteiger partial charge in [0.05, 0.1) is 19.8 Å². The van der Waals surface area contributed by atoms with Gasteiger partial charge in [-0.2, -0.15) is 0 Å². The Balaban J connectivity index is 2.00. The highest BCUT2D eigenvalue weighted by atomic mass is 16.6. The number of likely N-dealkylation sites (tertiary alicyclic amines) is 1. The van der Waals surface area contributed by atoms with E-state index in [2.05, 4.69) is 0 Å². The normalized spacial score (nSPS) is 32.7. The second kappa shape index (κ2) is 4.14. The molecule has 2 aliphatic heterocycles. The molecule has 2 aliphatic rings. The largest absolute Gasteiger partial charge is 0.444 e. The minimum Gasteiger partial charge on any atom is -0.444 e. The van der Waals surface area contributed by atoms with E-state index in [0.717, 1.165) is 0 Å². The maximum Gasteiger partial charge on any atom is 0.410 e. The zero-order valence-electron chi connectivity index (χ0n) is 10.7. The van der Waals surface area contributed by atoms with Crippen molar-refractivity contribution < 1.29 is 19.4 Å². The van der Waals surface area contributed by atoms with Gasteiger partial charge in [-0.1, -0.05) is 0 Å². The molecule has 0 unspecified atom stereocenters. The summed E-state index contributed by atoms with van der Waals surface area (Å²) in [6.07, 6.45) is -0.292. The van der Waals surface area contributed by atoms with Crippen molar-refractivity contribution >= 4 is 6.09 Å². The van der Waals surface area contributed by atoms with Crippen LogP contribution in [-0.2, 0) is 9.47 Å². The van der Waals surface area contributed by atoms with Crippen molar-refractivity contribution in [1.29, 1.82) is 0 Å². The summed E-state index contributed by atoms with van der Waals surface area (Å²) >= 11 is 0. The van der Waals surface area contributed by atoms with Crippen LogP contribution >= 0.6 is 0 Å². The van der Waals surface area contributed by atoms with Crippen molar-refractivity contribution in [2.45, 2.75) is 26.4 Å². The molecule has 0 radical (unpaired) electrons. The lowest BCUT2D eigenvalue weighted by Gasteiger charge is -2.26. The van der Waals surface area contributed by atoms with Crippen molar-refractivity contribution in [2.24, 2.45) is 11.3 Å². The Labute approximate surface area is 102 Å². The van der Waals surface area contributed by atoms with Crippen LogP contribution in [0, 0.1) is 11.3 Å². The van der Waals surface area contributed by atoms with E-state index in [-0.39, 0.29) is 24.0 Å². The number of fused-ring (bicyclic) bond motifs is 1. The van der Waals surface area contributed by atoms with Crippen LogP contribution in [0.3, 0.4) is 0 Å². The minimum absolute atomic E-state index is 0.0664. The van der Waals surface area contributed by atoms with Gasteiger partial charge in [-0.3, -0.25) is 0 Å². The number of ether oxygens (including phenoxy) is 2. The van der Waals surface area contributed by atoms with Crippen LogP contribution in [0.5, 0.6) is 0 Å². The summed E-state index contributed by atoms with van der Waals surface area (Å²) in [4.78, 5) is 13.6. The van der Waals surface area contributed by atoms with E-state index in [9.17, 15) is 9.90 Å². The number of aliphatic hydroxyl groups is 1. The van der Waals surface area contributed by atoms with Crippen LogP contribution in [-0.4, -0.2) is 54.6 Å². The van der Waals surface area contributed by atoms with E-state index in [1.54, 1.807) is 4.90 Å². The number of amides is 1. The third-order valence-corrected chi connectivity index (χ3v) is 3.49. The Morgan fingerprint density at radius 1 is 1.59 bits per heavy atom. The van der Waals surface area contributed by atoms with Crippen LogP contribution < -0.4 is 0 Å². The molecule has 0 aromatic carbocycles.